The molecule has 0 amide bonds. The summed E-state index contributed by atoms with van der Waals surface area (Å²) < 4.78 is 39.6. The average Bonchev–Trinajstić information content (AvgIpc) is 3.28. The van der Waals surface area contributed by atoms with Gasteiger partial charge in [-0.2, -0.15) is 18.3 Å². The van der Waals surface area contributed by atoms with E-state index in [0.29, 0.717) is 28.1 Å². The number of anilines is 4. The Labute approximate surface area is 208 Å². The molecule has 5 aromatic rings. The number of nitrogens with one attached hydrogen (secondary N) is 4. The molecule has 0 radical (unpaired) electrons. The number of fused-ring (bicyclic) bond motifs is 1. The van der Waals surface area contributed by atoms with Gasteiger partial charge in [-0.1, -0.05) is 42.5 Å². The van der Waals surface area contributed by atoms with Crippen LogP contribution in [-0.4, -0.2) is 25.5 Å². The Bertz CT molecular complexity index is 1520. The summed E-state index contributed by atoms with van der Waals surface area (Å²) in [5.41, 5.74) is 2.56. The van der Waals surface area contributed by atoms with Crippen LogP contribution in [0.25, 0.3) is 22.2 Å². The van der Waals surface area contributed by atoms with Gasteiger partial charge in [0.05, 0.1) is 28.1 Å². The lowest BCUT2D eigenvalue weighted by molar-refractivity contribution is -0.137. The Morgan fingerprint density at radius 1 is 0.806 bits per heavy atom. The minimum absolute atomic E-state index is 0.256. The SMILES string of the molecule is FC(F)(F)c1ccc2[nH]nc(Nc3ccccc3NC(=S)Nc3ccc(-c4ccccc4)nn3)c2c1. The summed E-state index contributed by atoms with van der Waals surface area (Å²) in [5, 5.41) is 25.0. The minimum atomic E-state index is -4.46. The van der Waals surface area contributed by atoms with Gasteiger partial charge in [-0.05, 0) is 54.7 Å². The summed E-state index contributed by atoms with van der Waals surface area (Å²) in [6, 6.07) is 23.8. The number of aromatic amines is 1. The van der Waals surface area contributed by atoms with Gasteiger partial charge in [0.2, 0.25) is 0 Å². The van der Waals surface area contributed by atoms with Crippen LogP contribution in [0, 0.1) is 0 Å². The molecule has 0 aliphatic carbocycles. The number of thiocarbonyl (C=S) groups is 1. The van der Waals surface area contributed by atoms with Gasteiger partial charge in [-0.15, -0.1) is 10.2 Å². The van der Waals surface area contributed by atoms with Crippen molar-refractivity contribution >= 4 is 51.2 Å². The molecule has 36 heavy (non-hydrogen) atoms. The van der Waals surface area contributed by atoms with Crippen molar-refractivity contribution in [2.75, 3.05) is 16.0 Å². The van der Waals surface area contributed by atoms with Crippen molar-refractivity contribution in [3.63, 3.8) is 0 Å². The van der Waals surface area contributed by atoms with Crippen LogP contribution in [0.5, 0.6) is 0 Å². The first-order chi connectivity index (χ1) is 17.4. The number of para-hydroxylation sites is 2. The van der Waals surface area contributed by atoms with Crippen LogP contribution in [0.2, 0.25) is 0 Å². The molecule has 0 saturated carbocycles. The highest BCUT2D eigenvalue weighted by Gasteiger charge is 2.31. The molecular formula is C25H18F3N7S. The third-order valence-corrected chi connectivity index (χ3v) is 5.50. The van der Waals surface area contributed by atoms with Crippen molar-refractivity contribution in [3.8, 4) is 11.3 Å². The summed E-state index contributed by atoms with van der Waals surface area (Å²) in [6.45, 7) is 0. The van der Waals surface area contributed by atoms with Gasteiger partial charge in [0.15, 0.2) is 16.7 Å². The van der Waals surface area contributed by atoms with Crippen molar-refractivity contribution in [2.45, 2.75) is 6.18 Å². The maximum atomic E-state index is 13.2. The molecule has 3 aromatic carbocycles. The molecule has 7 nitrogen and oxygen atoms in total. The number of hydrogen-bond donors (Lipinski definition) is 4. The molecule has 0 saturated heterocycles. The van der Waals surface area contributed by atoms with E-state index in [2.05, 4.69) is 36.3 Å². The predicted molar refractivity (Wildman–Crippen MR) is 138 cm³/mol. The number of benzene rings is 3. The molecule has 0 aliphatic rings. The first-order valence-corrected chi connectivity index (χ1v) is 11.2. The topological polar surface area (TPSA) is 90.5 Å². The highest BCUT2D eigenvalue weighted by molar-refractivity contribution is 7.80. The van der Waals surface area contributed by atoms with E-state index in [1.807, 2.05) is 36.4 Å². The summed E-state index contributed by atoms with van der Waals surface area (Å²) >= 11 is 5.42. The van der Waals surface area contributed by atoms with Crippen molar-refractivity contribution < 1.29 is 13.2 Å². The number of rotatable bonds is 5. The zero-order valence-electron chi connectivity index (χ0n) is 18.5. The van der Waals surface area contributed by atoms with Crippen molar-refractivity contribution in [3.05, 3.63) is 90.5 Å². The molecule has 0 aliphatic heterocycles. The summed E-state index contributed by atoms with van der Waals surface area (Å²) in [4.78, 5) is 0. The Morgan fingerprint density at radius 2 is 1.56 bits per heavy atom. The highest BCUT2D eigenvalue weighted by atomic mass is 32.1. The molecule has 0 unspecified atom stereocenters. The highest BCUT2D eigenvalue weighted by Crippen LogP contribution is 2.34. The van der Waals surface area contributed by atoms with Crippen LogP contribution in [0.4, 0.5) is 36.2 Å². The van der Waals surface area contributed by atoms with Crippen LogP contribution in [-0.2, 0) is 6.18 Å². The molecule has 0 spiro atoms. The van der Waals surface area contributed by atoms with Crippen molar-refractivity contribution in [2.24, 2.45) is 0 Å². The lowest BCUT2D eigenvalue weighted by Gasteiger charge is -2.14. The first kappa shape index (κ1) is 23.2. The minimum Gasteiger partial charge on any atom is -0.337 e. The van der Waals surface area contributed by atoms with E-state index in [9.17, 15) is 13.2 Å². The maximum Gasteiger partial charge on any atom is 0.416 e. The lowest BCUT2D eigenvalue weighted by atomic mass is 10.1. The van der Waals surface area contributed by atoms with Gasteiger partial charge < -0.3 is 16.0 Å². The predicted octanol–water partition coefficient (Wildman–Crippen LogP) is 6.59. The Morgan fingerprint density at radius 3 is 2.28 bits per heavy atom. The lowest BCUT2D eigenvalue weighted by Crippen LogP contribution is -2.20. The number of hydrogen-bond acceptors (Lipinski definition) is 5. The second-order valence-electron chi connectivity index (χ2n) is 7.75. The van der Waals surface area contributed by atoms with E-state index in [-0.39, 0.29) is 10.9 Å². The third-order valence-electron chi connectivity index (χ3n) is 5.29. The van der Waals surface area contributed by atoms with E-state index in [1.165, 1.54) is 6.07 Å². The Kier molecular flexibility index (Phi) is 6.21. The number of H-pyrrole nitrogens is 1. The zero-order chi connectivity index (χ0) is 25.1. The van der Waals surface area contributed by atoms with Crippen molar-refractivity contribution in [1.29, 1.82) is 0 Å². The van der Waals surface area contributed by atoms with Crippen LogP contribution in [0.1, 0.15) is 5.56 Å². The molecule has 0 atom stereocenters. The molecule has 0 fully saturated rings. The molecule has 0 bridgehead atoms. The van der Waals surface area contributed by atoms with Gasteiger partial charge in [0.25, 0.3) is 0 Å². The van der Waals surface area contributed by atoms with Gasteiger partial charge in [0, 0.05) is 10.9 Å². The van der Waals surface area contributed by atoms with E-state index < -0.39 is 11.7 Å². The largest absolute Gasteiger partial charge is 0.416 e. The third kappa shape index (κ3) is 5.10. The van der Waals surface area contributed by atoms with E-state index in [0.717, 1.165) is 23.4 Å². The van der Waals surface area contributed by atoms with E-state index >= 15 is 0 Å². The smallest absolute Gasteiger partial charge is 0.337 e. The van der Waals surface area contributed by atoms with Crippen LogP contribution < -0.4 is 16.0 Å². The fourth-order valence-corrected chi connectivity index (χ4v) is 3.76. The fourth-order valence-electron chi connectivity index (χ4n) is 3.55. The van der Waals surface area contributed by atoms with Crippen molar-refractivity contribution in [1.82, 2.24) is 20.4 Å². The Hall–Kier alpha value is -4.51. The fraction of sp³-hybridized carbons (Fsp3) is 0.0400. The second-order valence-corrected chi connectivity index (χ2v) is 8.16. The van der Waals surface area contributed by atoms with Crippen LogP contribution in [0.3, 0.4) is 0 Å². The summed E-state index contributed by atoms with van der Waals surface area (Å²) in [6.07, 6.45) is -4.46. The maximum absolute atomic E-state index is 13.2. The van der Waals surface area contributed by atoms with Gasteiger partial charge in [-0.25, -0.2) is 0 Å². The van der Waals surface area contributed by atoms with Crippen LogP contribution >= 0.6 is 12.2 Å². The second kappa shape index (κ2) is 9.62. The van der Waals surface area contributed by atoms with Gasteiger partial charge in [-0.3, -0.25) is 5.10 Å². The number of halogens is 3. The number of alkyl halides is 3. The number of nitrogens with zero attached hydrogens (tertiary/aromatic N) is 3. The number of aromatic nitrogens is 4. The molecule has 11 heteroatoms. The summed E-state index contributed by atoms with van der Waals surface area (Å²) in [7, 11) is 0. The molecule has 2 heterocycles. The molecule has 180 valence electrons. The van der Waals surface area contributed by atoms with Gasteiger partial charge >= 0.3 is 6.18 Å². The summed E-state index contributed by atoms with van der Waals surface area (Å²) in [5.74, 6) is 0.710. The molecule has 5 rings (SSSR count). The average molecular weight is 506 g/mol. The first-order valence-electron chi connectivity index (χ1n) is 10.8. The normalized spacial score (nSPS) is 11.3. The Balaban J connectivity index is 1.31. The zero-order valence-corrected chi connectivity index (χ0v) is 19.3. The standard InChI is InChI=1S/C25H18F3N7S/c26-25(27,28)16-10-11-19-17(14-16)23(35-33-19)29-20-8-4-5-9-21(20)30-24(36)31-22-13-12-18(32-34-22)15-6-2-1-3-7-15/h1-14H,(H2,29,33,35)(H2,30,31,34,36). The molecule has 2 aromatic heterocycles. The monoisotopic (exact) mass is 505 g/mol. The molecule has 4 N–H and O–H groups in total. The van der Waals surface area contributed by atoms with Gasteiger partial charge in [0.1, 0.15) is 0 Å². The van der Waals surface area contributed by atoms with E-state index in [4.69, 9.17) is 12.2 Å². The van der Waals surface area contributed by atoms with E-state index in [1.54, 1.807) is 30.3 Å². The van der Waals surface area contributed by atoms with Crippen LogP contribution in [0.15, 0.2) is 84.9 Å². The quantitative estimate of drug-likeness (QED) is 0.200. The molecular weight excluding hydrogens is 487 g/mol.